The third-order valence-electron chi connectivity index (χ3n) is 4.10. The minimum Gasteiger partial charge on any atom is -0.497 e. The van der Waals surface area contributed by atoms with Gasteiger partial charge in [-0.2, -0.15) is 0 Å². The first-order valence-electron chi connectivity index (χ1n) is 7.19. The summed E-state index contributed by atoms with van der Waals surface area (Å²) in [5, 5.41) is 0.0297. The Kier molecular flexibility index (Phi) is 5.53. The molecule has 1 fully saturated rings. The third kappa shape index (κ3) is 4.12. The van der Waals surface area contributed by atoms with Crippen LogP contribution in [0.2, 0.25) is 0 Å². The minimum atomic E-state index is 0.0297. The van der Waals surface area contributed by atoms with E-state index in [0.717, 1.165) is 17.9 Å². The molecule has 1 aromatic carbocycles. The smallest absolute Gasteiger partial charge is 0.119 e. The molecule has 0 spiro atoms. The Balaban J connectivity index is 1.93. The van der Waals surface area contributed by atoms with Crippen molar-refractivity contribution in [2.45, 2.75) is 43.5 Å². The summed E-state index contributed by atoms with van der Waals surface area (Å²) >= 11 is 6.55. The number of likely N-dealkylation sites (N-methyl/N-ethyl adjacent to an activating group) is 1. The molecule has 1 aliphatic rings. The van der Waals surface area contributed by atoms with Crippen LogP contribution in [0.3, 0.4) is 0 Å². The number of methoxy groups -OCH3 is 1. The number of hydrogen-bond donors (Lipinski definition) is 0. The van der Waals surface area contributed by atoms with Crippen LogP contribution in [0.5, 0.6) is 5.75 Å². The molecule has 1 aliphatic carbocycles. The lowest BCUT2D eigenvalue weighted by Crippen LogP contribution is -2.35. The second-order valence-electron chi connectivity index (χ2n) is 5.48. The van der Waals surface area contributed by atoms with E-state index < -0.39 is 0 Å². The minimum absolute atomic E-state index is 0.0297. The zero-order valence-corrected chi connectivity index (χ0v) is 12.7. The molecule has 1 saturated carbocycles. The van der Waals surface area contributed by atoms with E-state index in [2.05, 4.69) is 18.0 Å². The Morgan fingerprint density at radius 2 is 2.05 bits per heavy atom. The second-order valence-corrected chi connectivity index (χ2v) is 6.00. The van der Waals surface area contributed by atoms with Crippen LogP contribution in [-0.4, -0.2) is 31.6 Å². The maximum Gasteiger partial charge on any atom is 0.119 e. The molecule has 1 atom stereocenters. The zero-order valence-electron chi connectivity index (χ0n) is 11.9. The number of ether oxygens (including phenoxy) is 1. The molecule has 0 radical (unpaired) electrons. The molecule has 1 unspecified atom stereocenters. The number of nitrogens with zero attached hydrogens (tertiary/aromatic N) is 1. The molecule has 3 heteroatoms. The largest absolute Gasteiger partial charge is 0.497 e. The van der Waals surface area contributed by atoms with Crippen molar-refractivity contribution < 1.29 is 4.74 Å². The Morgan fingerprint density at radius 3 is 2.74 bits per heavy atom. The van der Waals surface area contributed by atoms with Crippen LogP contribution < -0.4 is 4.74 Å². The third-order valence-corrected chi connectivity index (χ3v) is 4.49. The van der Waals surface area contributed by atoms with Gasteiger partial charge in [-0.25, -0.2) is 0 Å². The Bertz CT molecular complexity index is 390. The van der Waals surface area contributed by atoms with Crippen molar-refractivity contribution >= 4 is 11.6 Å². The maximum absolute atomic E-state index is 6.55. The van der Waals surface area contributed by atoms with Crippen molar-refractivity contribution in [3.63, 3.8) is 0 Å². The first kappa shape index (κ1) is 14.7. The molecule has 0 N–H and O–H groups in total. The van der Waals surface area contributed by atoms with E-state index in [0.29, 0.717) is 6.04 Å². The van der Waals surface area contributed by atoms with Crippen LogP contribution in [0, 0.1) is 0 Å². The predicted octanol–water partition coefficient (Wildman–Crippen LogP) is 4.24. The van der Waals surface area contributed by atoms with E-state index in [9.17, 15) is 0 Å². The van der Waals surface area contributed by atoms with Crippen LogP contribution in [0.25, 0.3) is 0 Å². The lowest BCUT2D eigenvalue weighted by Gasteiger charge is -2.32. The highest BCUT2D eigenvalue weighted by atomic mass is 35.5. The number of benzene rings is 1. The van der Waals surface area contributed by atoms with E-state index in [4.69, 9.17) is 16.3 Å². The van der Waals surface area contributed by atoms with Gasteiger partial charge in [0, 0.05) is 12.6 Å². The molecule has 2 rings (SSSR count). The fraction of sp³-hybridized carbons (Fsp3) is 0.625. The van der Waals surface area contributed by atoms with Gasteiger partial charge in [-0.3, -0.25) is 0 Å². The summed E-state index contributed by atoms with van der Waals surface area (Å²) in [6.07, 6.45) is 6.75. The monoisotopic (exact) mass is 281 g/mol. The first-order chi connectivity index (χ1) is 9.20. The van der Waals surface area contributed by atoms with Crippen LogP contribution in [0.1, 0.15) is 43.0 Å². The first-order valence-corrected chi connectivity index (χ1v) is 7.62. The van der Waals surface area contributed by atoms with Crippen LogP contribution in [0.15, 0.2) is 24.3 Å². The van der Waals surface area contributed by atoms with Gasteiger partial charge in [0.05, 0.1) is 12.5 Å². The molecule has 0 amide bonds. The Hall–Kier alpha value is -0.730. The van der Waals surface area contributed by atoms with Gasteiger partial charge >= 0.3 is 0 Å². The molecule has 0 aromatic heterocycles. The van der Waals surface area contributed by atoms with E-state index in [1.54, 1.807) is 7.11 Å². The van der Waals surface area contributed by atoms with Gasteiger partial charge in [0.1, 0.15) is 5.75 Å². The number of hydrogen-bond acceptors (Lipinski definition) is 2. The normalized spacial score (nSPS) is 18.5. The molecule has 19 heavy (non-hydrogen) atoms. The molecule has 106 valence electrons. The average molecular weight is 282 g/mol. The predicted molar refractivity (Wildman–Crippen MR) is 81.1 cm³/mol. The van der Waals surface area contributed by atoms with Crippen molar-refractivity contribution in [1.82, 2.24) is 4.90 Å². The Labute approximate surface area is 121 Å². The average Bonchev–Trinajstić information content (AvgIpc) is 2.48. The fourth-order valence-electron chi connectivity index (χ4n) is 2.87. The van der Waals surface area contributed by atoms with Gasteiger partial charge in [-0.1, -0.05) is 31.4 Å². The molecule has 0 heterocycles. The lowest BCUT2D eigenvalue weighted by molar-refractivity contribution is 0.192. The molecule has 0 bridgehead atoms. The van der Waals surface area contributed by atoms with Gasteiger partial charge in [0.2, 0.25) is 0 Å². The fourth-order valence-corrected chi connectivity index (χ4v) is 3.22. The van der Waals surface area contributed by atoms with Gasteiger partial charge in [-0.05, 0) is 37.6 Å². The summed E-state index contributed by atoms with van der Waals surface area (Å²) < 4.78 is 5.25. The number of halogens is 1. The highest BCUT2D eigenvalue weighted by Gasteiger charge is 2.20. The SMILES string of the molecule is COc1cccc(C(Cl)CN(C)C2CCCCC2)c1. The topological polar surface area (TPSA) is 12.5 Å². The van der Waals surface area contributed by atoms with E-state index in [1.165, 1.54) is 32.1 Å². The van der Waals surface area contributed by atoms with Gasteiger partial charge < -0.3 is 9.64 Å². The zero-order chi connectivity index (χ0) is 13.7. The summed E-state index contributed by atoms with van der Waals surface area (Å²) in [6, 6.07) is 8.78. The summed E-state index contributed by atoms with van der Waals surface area (Å²) in [6.45, 7) is 0.902. The van der Waals surface area contributed by atoms with Crippen molar-refractivity contribution in [3.8, 4) is 5.75 Å². The van der Waals surface area contributed by atoms with E-state index in [1.807, 2.05) is 18.2 Å². The van der Waals surface area contributed by atoms with Crippen molar-refractivity contribution in [3.05, 3.63) is 29.8 Å². The second kappa shape index (κ2) is 7.16. The lowest BCUT2D eigenvalue weighted by atomic mass is 9.94. The summed E-state index contributed by atoms with van der Waals surface area (Å²) in [4.78, 5) is 2.43. The van der Waals surface area contributed by atoms with Gasteiger partial charge in [-0.15, -0.1) is 11.6 Å². The quantitative estimate of drug-likeness (QED) is 0.749. The van der Waals surface area contributed by atoms with Gasteiger partial charge in [0.15, 0.2) is 0 Å². The molecular weight excluding hydrogens is 258 g/mol. The molecule has 0 saturated heterocycles. The molecule has 1 aromatic rings. The van der Waals surface area contributed by atoms with E-state index >= 15 is 0 Å². The van der Waals surface area contributed by atoms with Crippen molar-refractivity contribution in [1.29, 1.82) is 0 Å². The maximum atomic E-state index is 6.55. The van der Waals surface area contributed by atoms with Crippen molar-refractivity contribution in [2.24, 2.45) is 0 Å². The molecule has 2 nitrogen and oxygen atoms in total. The van der Waals surface area contributed by atoms with Crippen LogP contribution >= 0.6 is 11.6 Å². The highest BCUT2D eigenvalue weighted by Crippen LogP contribution is 2.28. The number of rotatable bonds is 5. The summed E-state index contributed by atoms with van der Waals surface area (Å²) in [5.41, 5.74) is 1.14. The van der Waals surface area contributed by atoms with Crippen molar-refractivity contribution in [2.75, 3.05) is 20.7 Å². The van der Waals surface area contributed by atoms with Crippen LogP contribution in [-0.2, 0) is 0 Å². The van der Waals surface area contributed by atoms with E-state index in [-0.39, 0.29) is 5.38 Å². The highest BCUT2D eigenvalue weighted by molar-refractivity contribution is 6.21. The Morgan fingerprint density at radius 1 is 1.32 bits per heavy atom. The standard InChI is InChI=1S/C16H24ClNO/c1-18(14-8-4-3-5-9-14)12-16(17)13-7-6-10-15(11-13)19-2/h6-7,10-11,14,16H,3-5,8-9,12H2,1-2H3. The van der Waals surface area contributed by atoms with Crippen LogP contribution in [0.4, 0.5) is 0 Å². The van der Waals surface area contributed by atoms with Gasteiger partial charge in [0.25, 0.3) is 0 Å². The summed E-state index contributed by atoms with van der Waals surface area (Å²) in [7, 11) is 3.89. The summed E-state index contributed by atoms with van der Waals surface area (Å²) in [5.74, 6) is 0.878. The molecular formula is C16H24ClNO. The number of alkyl halides is 1. The molecule has 0 aliphatic heterocycles.